The summed E-state index contributed by atoms with van der Waals surface area (Å²) in [4.78, 5) is 7.20. The van der Waals surface area contributed by atoms with Crippen LogP contribution in [-0.2, 0) is 5.41 Å². The number of hydrogen-bond donors (Lipinski definition) is 0. The number of rotatable bonds is 7. The van der Waals surface area contributed by atoms with Crippen molar-refractivity contribution < 1.29 is 4.42 Å². The Bertz CT molecular complexity index is 2290. The Labute approximate surface area is 275 Å². The fourth-order valence-electron chi connectivity index (χ4n) is 6.47. The first-order chi connectivity index (χ1) is 23.0. The first-order valence-corrected chi connectivity index (χ1v) is 16.0. The molecule has 0 saturated heterocycles. The second-order valence-electron chi connectivity index (χ2n) is 12.5. The van der Waals surface area contributed by atoms with Crippen LogP contribution in [0.4, 0.5) is 17.1 Å². The molecule has 0 saturated carbocycles. The number of fused-ring (bicyclic) bond motifs is 3. The van der Waals surface area contributed by atoms with Gasteiger partial charge in [0.2, 0.25) is 0 Å². The van der Waals surface area contributed by atoms with Crippen molar-refractivity contribution in [2.45, 2.75) is 19.3 Å². The van der Waals surface area contributed by atoms with Gasteiger partial charge in [0.15, 0.2) is 0 Å². The number of hydrogen-bond acceptors (Lipinski definition) is 3. The lowest BCUT2D eigenvalue weighted by atomic mass is 9.81. The molecule has 0 bridgehead atoms. The minimum Gasteiger partial charge on any atom is -0.456 e. The minimum atomic E-state index is -0.179. The molecule has 3 nitrogen and oxygen atoms in total. The Morgan fingerprint density at radius 2 is 1.00 bits per heavy atom. The summed E-state index contributed by atoms with van der Waals surface area (Å²) >= 11 is 0. The second kappa shape index (κ2) is 11.8. The smallest absolute Gasteiger partial charge is 0.137 e. The molecule has 0 aliphatic carbocycles. The highest BCUT2D eigenvalue weighted by molar-refractivity contribution is 6.06. The van der Waals surface area contributed by atoms with Crippen LogP contribution in [0.5, 0.6) is 0 Å². The lowest BCUT2D eigenvalue weighted by molar-refractivity contribution is 0.617. The van der Waals surface area contributed by atoms with Crippen LogP contribution in [0.1, 0.15) is 25.1 Å². The zero-order valence-corrected chi connectivity index (χ0v) is 26.5. The molecule has 2 aromatic heterocycles. The first-order valence-electron chi connectivity index (χ1n) is 16.0. The van der Waals surface area contributed by atoms with E-state index in [1.165, 1.54) is 16.7 Å². The maximum atomic E-state index is 6.30. The molecular weight excluding hydrogens is 572 g/mol. The van der Waals surface area contributed by atoms with Crippen molar-refractivity contribution in [3.63, 3.8) is 0 Å². The van der Waals surface area contributed by atoms with Crippen molar-refractivity contribution in [1.29, 1.82) is 0 Å². The van der Waals surface area contributed by atoms with E-state index in [4.69, 9.17) is 9.40 Å². The summed E-state index contributed by atoms with van der Waals surface area (Å²) in [5.41, 5.74) is 11.7. The molecule has 0 atom stereocenters. The molecule has 6 aromatic carbocycles. The molecule has 3 heteroatoms. The third-order valence-electron chi connectivity index (χ3n) is 9.21. The molecule has 8 aromatic rings. The summed E-state index contributed by atoms with van der Waals surface area (Å²) in [6.45, 7) is 4.45. The fraction of sp³-hybridized carbons (Fsp3) is 0.0682. The van der Waals surface area contributed by atoms with Crippen LogP contribution < -0.4 is 4.90 Å². The van der Waals surface area contributed by atoms with E-state index in [2.05, 4.69) is 164 Å². The number of benzene rings is 6. The number of nitrogens with zero attached hydrogens (tertiary/aromatic N) is 2. The van der Waals surface area contributed by atoms with Gasteiger partial charge in [0.1, 0.15) is 11.2 Å². The van der Waals surface area contributed by atoms with Crippen molar-refractivity contribution in [2.75, 3.05) is 4.90 Å². The predicted octanol–water partition coefficient (Wildman–Crippen LogP) is 12.1. The summed E-state index contributed by atoms with van der Waals surface area (Å²) in [5.74, 6) is 0. The number of furan rings is 1. The highest BCUT2D eigenvalue weighted by atomic mass is 16.3. The Balaban J connectivity index is 1.15. The van der Waals surface area contributed by atoms with Gasteiger partial charge in [0.25, 0.3) is 0 Å². The largest absolute Gasteiger partial charge is 0.456 e. The summed E-state index contributed by atoms with van der Waals surface area (Å²) in [6.07, 6.45) is 1.99. The lowest BCUT2D eigenvalue weighted by Gasteiger charge is -2.26. The van der Waals surface area contributed by atoms with Crippen molar-refractivity contribution >= 4 is 39.0 Å². The normalized spacial score (nSPS) is 11.6. The van der Waals surface area contributed by atoms with Crippen LogP contribution in [0, 0.1) is 0 Å². The molecule has 0 N–H and O–H groups in total. The summed E-state index contributed by atoms with van der Waals surface area (Å²) in [5, 5.41) is 2.24. The molecule has 0 unspecified atom stereocenters. The molecule has 226 valence electrons. The van der Waals surface area contributed by atoms with Gasteiger partial charge in [-0.3, -0.25) is 4.98 Å². The minimum absolute atomic E-state index is 0.179. The van der Waals surface area contributed by atoms with E-state index in [1.807, 2.05) is 24.4 Å². The molecule has 0 radical (unpaired) electrons. The second-order valence-corrected chi connectivity index (χ2v) is 12.5. The average molecular weight is 607 g/mol. The maximum absolute atomic E-state index is 6.30. The molecule has 0 aliphatic rings. The molecule has 2 heterocycles. The lowest BCUT2D eigenvalue weighted by Crippen LogP contribution is -2.20. The van der Waals surface area contributed by atoms with Gasteiger partial charge >= 0.3 is 0 Å². The van der Waals surface area contributed by atoms with Gasteiger partial charge in [0.05, 0.1) is 5.69 Å². The number of para-hydroxylation sites is 1. The molecule has 8 rings (SSSR count). The molecule has 47 heavy (non-hydrogen) atoms. The molecule has 0 amide bonds. The van der Waals surface area contributed by atoms with Crippen LogP contribution in [0.2, 0.25) is 0 Å². The van der Waals surface area contributed by atoms with Gasteiger partial charge in [0, 0.05) is 51.1 Å². The van der Waals surface area contributed by atoms with Crippen LogP contribution in [0.15, 0.2) is 174 Å². The van der Waals surface area contributed by atoms with Crippen LogP contribution in [0.25, 0.3) is 44.2 Å². The van der Waals surface area contributed by atoms with Crippen molar-refractivity contribution in [3.8, 4) is 22.3 Å². The Kier molecular flexibility index (Phi) is 7.15. The van der Waals surface area contributed by atoms with Crippen LogP contribution in [-0.4, -0.2) is 4.98 Å². The molecule has 0 aliphatic heterocycles. The van der Waals surface area contributed by atoms with Crippen molar-refractivity contribution in [2.24, 2.45) is 0 Å². The van der Waals surface area contributed by atoms with Crippen molar-refractivity contribution in [1.82, 2.24) is 4.98 Å². The molecule has 0 spiro atoms. The standard InChI is InChI=1S/C44H34N2O/c1-44(2,35-13-7-4-8-14-35)43-28-21-34(30-45-43)33-19-24-37(25-20-33)46(36-22-17-32(18-23-36)31-11-5-3-6-12-31)38-26-27-40-39-15-9-10-16-41(39)47-42(40)29-38/h3-30H,1-2H3. The van der Waals surface area contributed by atoms with E-state index < -0.39 is 0 Å². The number of anilines is 3. The number of pyridine rings is 1. The van der Waals surface area contributed by atoms with Gasteiger partial charge < -0.3 is 9.32 Å². The van der Waals surface area contributed by atoms with E-state index in [0.29, 0.717) is 0 Å². The Hall–Kier alpha value is -5.93. The monoisotopic (exact) mass is 606 g/mol. The highest BCUT2D eigenvalue weighted by Crippen LogP contribution is 2.40. The Morgan fingerprint density at radius 1 is 0.468 bits per heavy atom. The third kappa shape index (κ3) is 5.36. The van der Waals surface area contributed by atoms with E-state index in [-0.39, 0.29) is 5.41 Å². The zero-order valence-electron chi connectivity index (χ0n) is 26.5. The topological polar surface area (TPSA) is 29.3 Å². The van der Waals surface area contributed by atoms with Crippen LogP contribution >= 0.6 is 0 Å². The maximum Gasteiger partial charge on any atom is 0.137 e. The zero-order chi connectivity index (χ0) is 31.8. The SMILES string of the molecule is CC(C)(c1ccccc1)c1ccc(-c2ccc(N(c3ccc(-c4ccccc4)cc3)c3ccc4c(c3)oc3ccccc34)cc2)cn1. The van der Waals surface area contributed by atoms with E-state index in [0.717, 1.165) is 55.8 Å². The van der Waals surface area contributed by atoms with Crippen molar-refractivity contribution in [3.05, 3.63) is 181 Å². The fourth-order valence-corrected chi connectivity index (χ4v) is 6.47. The van der Waals surface area contributed by atoms with Gasteiger partial charge in [-0.05, 0) is 70.8 Å². The van der Waals surface area contributed by atoms with Gasteiger partial charge in [-0.25, -0.2) is 0 Å². The Morgan fingerprint density at radius 3 is 1.66 bits per heavy atom. The van der Waals surface area contributed by atoms with Gasteiger partial charge in [-0.1, -0.05) is 123 Å². The number of aromatic nitrogens is 1. The van der Waals surface area contributed by atoms with Crippen LogP contribution in [0.3, 0.4) is 0 Å². The van der Waals surface area contributed by atoms with E-state index >= 15 is 0 Å². The molecule has 0 fully saturated rings. The quantitative estimate of drug-likeness (QED) is 0.181. The predicted molar refractivity (Wildman–Crippen MR) is 196 cm³/mol. The summed E-state index contributed by atoms with van der Waals surface area (Å²) in [7, 11) is 0. The highest BCUT2D eigenvalue weighted by Gasteiger charge is 2.24. The average Bonchev–Trinajstić information content (AvgIpc) is 3.51. The summed E-state index contributed by atoms with van der Waals surface area (Å²) in [6, 6.07) is 57.6. The van der Waals surface area contributed by atoms with E-state index in [1.54, 1.807) is 0 Å². The summed E-state index contributed by atoms with van der Waals surface area (Å²) < 4.78 is 6.30. The van der Waals surface area contributed by atoms with Gasteiger partial charge in [-0.2, -0.15) is 0 Å². The molecular formula is C44H34N2O. The first kappa shape index (κ1) is 28.5. The third-order valence-corrected chi connectivity index (χ3v) is 9.21. The van der Waals surface area contributed by atoms with E-state index in [9.17, 15) is 0 Å². The van der Waals surface area contributed by atoms with Gasteiger partial charge in [-0.15, -0.1) is 0 Å².